The van der Waals surface area contributed by atoms with Gasteiger partial charge in [-0.15, -0.1) is 0 Å². The molecule has 0 spiro atoms. The summed E-state index contributed by atoms with van der Waals surface area (Å²) in [4.78, 5) is 19.2. The van der Waals surface area contributed by atoms with Gasteiger partial charge in [-0.25, -0.2) is 4.98 Å². The summed E-state index contributed by atoms with van der Waals surface area (Å²) in [6.07, 6.45) is 1.67. The average Bonchev–Trinajstić information content (AvgIpc) is 2.93. The van der Waals surface area contributed by atoms with Crippen LogP contribution in [0.4, 0.5) is 0 Å². The molecule has 0 radical (unpaired) electrons. The van der Waals surface area contributed by atoms with Crippen molar-refractivity contribution < 1.29 is 4.79 Å². The molecule has 1 amide bonds. The Labute approximate surface area is 116 Å². The highest BCUT2D eigenvalue weighted by molar-refractivity contribution is 5.94. The van der Waals surface area contributed by atoms with Crippen LogP contribution in [0, 0.1) is 6.92 Å². The van der Waals surface area contributed by atoms with Gasteiger partial charge in [-0.1, -0.05) is 23.8 Å². The van der Waals surface area contributed by atoms with Crippen LogP contribution in [-0.4, -0.2) is 15.9 Å². The van der Waals surface area contributed by atoms with Crippen molar-refractivity contribution in [3.05, 3.63) is 65.5 Å². The number of aryl methyl sites for hydroxylation is 1. The van der Waals surface area contributed by atoms with E-state index in [1.165, 1.54) is 0 Å². The SMILES string of the molecule is Cc1ccc(C(=O)NCc2ccc3nc[nH]c3c2)cc1. The Morgan fingerprint density at radius 3 is 2.80 bits per heavy atom. The average molecular weight is 265 g/mol. The molecule has 0 unspecified atom stereocenters. The van der Waals surface area contributed by atoms with Gasteiger partial charge in [0.2, 0.25) is 0 Å². The molecule has 0 aliphatic carbocycles. The van der Waals surface area contributed by atoms with E-state index in [0.717, 1.165) is 22.2 Å². The molecule has 0 aliphatic rings. The third-order valence-electron chi connectivity index (χ3n) is 3.25. The van der Waals surface area contributed by atoms with Crippen molar-refractivity contribution in [1.29, 1.82) is 0 Å². The van der Waals surface area contributed by atoms with Gasteiger partial charge < -0.3 is 10.3 Å². The molecule has 20 heavy (non-hydrogen) atoms. The number of nitrogens with zero attached hydrogens (tertiary/aromatic N) is 1. The highest BCUT2D eigenvalue weighted by atomic mass is 16.1. The number of amides is 1. The van der Waals surface area contributed by atoms with Crippen molar-refractivity contribution >= 4 is 16.9 Å². The summed E-state index contributed by atoms with van der Waals surface area (Å²) < 4.78 is 0. The molecular formula is C16H15N3O. The van der Waals surface area contributed by atoms with Gasteiger partial charge in [0.05, 0.1) is 17.4 Å². The lowest BCUT2D eigenvalue weighted by Crippen LogP contribution is -2.22. The highest BCUT2D eigenvalue weighted by Crippen LogP contribution is 2.11. The maximum atomic E-state index is 12.0. The first-order chi connectivity index (χ1) is 9.72. The lowest BCUT2D eigenvalue weighted by molar-refractivity contribution is 0.0951. The molecule has 3 aromatic rings. The summed E-state index contributed by atoms with van der Waals surface area (Å²) in [7, 11) is 0. The number of benzene rings is 2. The molecule has 4 heteroatoms. The summed E-state index contributed by atoms with van der Waals surface area (Å²) in [6, 6.07) is 13.5. The van der Waals surface area contributed by atoms with E-state index in [0.29, 0.717) is 12.1 Å². The van der Waals surface area contributed by atoms with E-state index in [1.54, 1.807) is 6.33 Å². The molecule has 0 atom stereocenters. The zero-order chi connectivity index (χ0) is 13.9. The number of hydrogen-bond acceptors (Lipinski definition) is 2. The second kappa shape index (κ2) is 5.17. The van der Waals surface area contributed by atoms with Crippen LogP contribution in [0.2, 0.25) is 0 Å². The van der Waals surface area contributed by atoms with Crippen molar-refractivity contribution in [3.8, 4) is 0 Å². The van der Waals surface area contributed by atoms with E-state index in [-0.39, 0.29) is 5.91 Å². The maximum Gasteiger partial charge on any atom is 0.251 e. The van der Waals surface area contributed by atoms with Gasteiger partial charge in [0.15, 0.2) is 0 Å². The molecule has 0 fully saturated rings. The Kier molecular flexibility index (Phi) is 3.21. The zero-order valence-electron chi connectivity index (χ0n) is 11.2. The smallest absolute Gasteiger partial charge is 0.251 e. The predicted octanol–water partition coefficient (Wildman–Crippen LogP) is 2.80. The molecule has 4 nitrogen and oxygen atoms in total. The highest BCUT2D eigenvalue weighted by Gasteiger charge is 2.05. The van der Waals surface area contributed by atoms with Gasteiger partial charge in [0, 0.05) is 12.1 Å². The van der Waals surface area contributed by atoms with Crippen LogP contribution in [0.25, 0.3) is 11.0 Å². The summed E-state index contributed by atoms with van der Waals surface area (Å²) in [5.74, 6) is -0.0605. The molecule has 2 aromatic carbocycles. The Morgan fingerprint density at radius 2 is 2.00 bits per heavy atom. The second-order valence-corrected chi connectivity index (χ2v) is 4.80. The molecule has 0 aliphatic heterocycles. The number of aromatic amines is 1. The molecule has 0 saturated heterocycles. The second-order valence-electron chi connectivity index (χ2n) is 4.80. The Hall–Kier alpha value is -2.62. The minimum absolute atomic E-state index is 0.0605. The van der Waals surface area contributed by atoms with Crippen molar-refractivity contribution in [2.75, 3.05) is 0 Å². The first-order valence-corrected chi connectivity index (χ1v) is 6.49. The first-order valence-electron chi connectivity index (χ1n) is 6.49. The molecule has 0 bridgehead atoms. The van der Waals surface area contributed by atoms with E-state index >= 15 is 0 Å². The van der Waals surface area contributed by atoms with E-state index in [9.17, 15) is 4.79 Å². The molecule has 2 N–H and O–H groups in total. The number of H-pyrrole nitrogens is 1. The molecule has 0 saturated carbocycles. The molecule has 100 valence electrons. The van der Waals surface area contributed by atoms with Gasteiger partial charge in [0.25, 0.3) is 5.91 Å². The van der Waals surface area contributed by atoms with E-state index in [4.69, 9.17) is 0 Å². The number of nitrogens with one attached hydrogen (secondary N) is 2. The van der Waals surface area contributed by atoms with Crippen molar-refractivity contribution in [1.82, 2.24) is 15.3 Å². The van der Waals surface area contributed by atoms with Crippen LogP contribution in [0.15, 0.2) is 48.8 Å². The first kappa shape index (κ1) is 12.4. The number of fused-ring (bicyclic) bond motifs is 1. The number of carbonyl (C=O) groups is 1. The topological polar surface area (TPSA) is 57.8 Å². The third-order valence-corrected chi connectivity index (χ3v) is 3.25. The van der Waals surface area contributed by atoms with Crippen molar-refractivity contribution in [2.24, 2.45) is 0 Å². The quantitative estimate of drug-likeness (QED) is 0.765. The molecular weight excluding hydrogens is 250 g/mol. The van der Waals surface area contributed by atoms with E-state index in [2.05, 4.69) is 15.3 Å². The van der Waals surface area contributed by atoms with Crippen molar-refractivity contribution in [2.45, 2.75) is 13.5 Å². The summed E-state index contributed by atoms with van der Waals surface area (Å²) in [5, 5.41) is 2.92. The lowest BCUT2D eigenvalue weighted by Gasteiger charge is -2.06. The van der Waals surface area contributed by atoms with Crippen LogP contribution in [0.5, 0.6) is 0 Å². The van der Waals surface area contributed by atoms with Crippen molar-refractivity contribution in [3.63, 3.8) is 0 Å². The molecule has 1 aromatic heterocycles. The van der Waals surface area contributed by atoms with Gasteiger partial charge in [-0.05, 0) is 36.8 Å². The number of hydrogen-bond donors (Lipinski definition) is 2. The Bertz CT molecular complexity index is 744. The fourth-order valence-electron chi connectivity index (χ4n) is 2.08. The van der Waals surface area contributed by atoms with Crippen LogP contribution in [-0.2, 0) is 6.54 Å². The normalized spacial score (nSPS) is 10.7. The maximum absolute atomic E-state index is 12.0. The van der Waals surface area contributed by atoms with Crippen LogP contribution in [0.1, 0.15) is 21.5 Å². The summed E-state index contributed by atoms with van der Waals surface area (Å²) >= 11 is 0. The number of aromatic nitrogens is 2. The number of imidazole rings is 1. The fraction of sp³-hybridized carbons (Fsp3) is 0.125. The number of rotatable bonds is 3. The predicted molar refractivity (Wildman–Crippen MR) is 78.4 cm³/mol. The molecule has 1 heterocycles. The minimum atomic E-state index is -0.0605. The monoisotopic (exact) mass is 265 g/mol. The lowest BCUT2D eigenvalue weighted by atomic mass is 10.1. The molecule has 3 rings (SSSR count). The summed E-state index contributed by atoms with van der Waals surface area (Å²) in [6.45, 7) is 2.50. The van der Waals surface area contributed by atoms with Crippen LogP contribution < -0.4 is 5.32 Å². The Balaban J connectivity index is 1.69. The van der Waals surface area contributed by atoms with Gasteiger partial charge in [0.1, 0.15) is 0 Å². The fourth-order valence-corrected chi connectivity index (χ4v) is 2.08. The number of carbonyl (C=O) groups excluding carboxylic acids is 1. The largest absolute Gasteiger partial charge is 0.348 e. The van der Waals surface area contributed by atoms with E-state index < -0.39 is 0 Å². The van der Waals surface area contributed by atoms with Gasteiger partial charge in [-0.2, -0.15) is 0 Å². The van der Waals surface area contributed by atoms with E-state index in [1.807, 2.05) is 49.4 Å². The van der Waals surface area contributed by atoms with Crippen LogP contribution in [0.3, 0.4) is 0 Å². The zero-order valence-corrected chi connectivity index (χ0v) is 11.2. The minimum Gasteiger partial charge on any atom is -0.348 e. The Morgan fingerprint density at radius 1 is 1.20 bits per heavy atom. The third kappa shape index (κ3) is 2.54. The standard InChI is InChI=1S/C16H15N3O/c1-11-2-5-13(6-3-11)16(20)17-9-12-4-7-14-15(8-12)19-10-18-14/h2-8,10H,9H2,1H3,(H,17,20)(H,18,19). The summed E-state index contributed by atoms with van der Waals surface area (Å²) in [5.41, 5.74) is 4.78. The van der Waals surface area contributed by atoms with Crippen LogP contribution >= 0.6 is 0 Å². The van der Waals surface area contributed by atoms with Gasteiger partial charge in [-0.3, -0.25) is 4.79 Å². The van der Waals surface area contributed by atoms with Gasteiger partial charge >= 0.3 is 0 Å².